The number of piperidine rings is 1. The molecule has 154 valence electrons. The van der Waals surface area contributed by atoms with Crippen LogP contribution in [0, 0.1) is 11.3 Å². The molecule has 1 atom stereocenters. The minimum atomic E-state index is -5.08. The average Bonchev–Trinajstić information content (AvgIpc) is 3.15. The van der Waals surface area contributed by atoms with E-state index in [0.717, 1.165) is 5.92 Å². The van der Waals surface area contributed by atoms with Crippen molar-refractivity contribution in [3.05, 3.63) is 12.2 Å². The number of halogens is 3. The molecule has 1 aliphatic carbocycles. The van der Waals surface area contributed by atoms with Crippen LogP contribution >= 0.6 is 0 Å². The second kappa shape index (κ2) is 8.58. The van der Waals surface area contributed by atoms with E-state index >= 15 is 0 Å². The van der Waals surface area contributed by atoms with Crippen LogP contribution in [0.25, 0.3) is 0 Å². The Morgan fingerprint density at radius 3 is 2.22 bits per heavy atom. The monoisotopic (exact) mass is 390 g/mol. The summed E-state index contributed by atoms with van der Waals surface area (Å²) in [6, 6.07) is 0. The molecule has 2 aliphatic rings. The van der Waals surface area contributed by atoms with Gasteiger partial charge in [0.25, 0.3) is 0 Å². The number of carboxylic acid groups (broad SMARTS) is 1. The van der Waals surface area contributed by atoms with E-state index in [1.807, 2.05) is 6.33 Å². The van der Waals surface area contributed by atoms with Gasteiger partial charge >= 0.3 is 12.1 Å². The molecule has 1 aromatic rings. The van der Waals surface area contributed by atoms with Crippen LogP contribution in [-0.2, 0) is 11.8 Å². The largest absolute Gasteiger partial charge is 0.490 e. The minimum Gasteiger partial charge on any atom is -0.475 e. The molecule has 1 aliphatic heterocycles. The summed E-state index contributed by atoms with van der Waals surface area (Å²) in [4.78, 5) is 11.6. The minimum absolute atomic E-state index is 0.611. The lowest BCUT2D eigenvalue weighted by atomic mass is 9.94. The molecule has 1 aromatic heterocycles. The molecule has 2 fully saturated rings. The number of hydrogen-bond donors (Lipinski definition) is 1. The maximum Gasteiger partial charge on any atom is 0.490 e. The number of aromatic nitrogens is 3. The van der Waals surface area contributed by atoms with Gasteiger partial charge in [-0.05, 0) is 43.7 Å². The van der Waals surface area contributed by atoms with Crippen molar-refractivity contribution >= 4 is 5.97 Å². The van der Waals surface area contributed by atoms with E-state index in [1.165, 1.54) is 57.6 Å². The average molecular weight is 390 g/mol. The molecule has 3 rings (SSSR count). The first kappa shape index (κ1) is 21.7. The Morgan fingerprint density at radius 2 is 1.85 bits per heavy atom. The van der Waals surface area contributed by atoms with Gasteiger partial charge in [-0.1, -0.05) is 26.7 Å². The van der Waals surface area contributed by atoms with E-state index in [2.05, 4.69) is 40.6 Å². The Labute approximate surface area is 157 Å². The molecule has 1 N–H and O–H groups in total. The van der Waals surface area contributed by atoms with Crippen molar-refractivity contribution in [3.8, 4) is 0 Å². The lowest BCUT2D eigenvalue weighted by Crippen LogP contribution is -2.35. The van der Waals surface area contributed by atoms with Crippen LogP contribution < -0.4 is 0 Å². The molecule has 6 nitrogen and oxygen atoms in total. The molecule has 2 heterocycles. The number of likely N-dealkylation sites (tertiary alicyclic amines) is 1. The van der Waals surface area contributed by atoms with Gasteiger partial charge in [-0.15, -0.1) is 10.2 Å². The fraction of sp³-hybridized carbons (Fsp3) is 0.833. The summed E-state index contributed by atoms with van der Waals surface area (Å²) >= 11 is 0. The predicted molar refractivity (Wildman–Crippen MR) is 94.2 cm³/mol. The smallest absolute Gasteiger partial charge is 0.475 e. The molecule has 0 spiro atoms. The first-order valence-electron chi connectivity index (χ1n) is 9.49. The molecule has 1 saturated heterocycles. The lowest BCUT2D eigenvalue weighted by Gasteiger charge is -2.32. The van der Waals surface area contributed by atoms with Crippen molar-refractivity contribution in [2.24, 2.45) is 18.4 Å². The van der Waals surface area contributed by atoms with E-state index < -0.39 is 12.1 Å². The number of rotatable bonds is 5. The van der Waals surface area contributed by atoms with Crippen LogP contribution in [0.4, 0.5) is 13.2 Å². The van der Waals surface area contributed by atoms with Crippen molar-refractivity contribution in [1.82, 2.24) is 19.7 Å². The van der Waals surface area contributed by atoms with Gasteiger partial charge in [0.1, 0.15) is 12.2 Å². The van der Waals surface area contributed by atoms with Crippen molar-refractivity contribution in [2.75, 3.05) is 19.6 Å². The van der Waals surface area contributed by atoms with Gasteiger partial charge in [0, 0.05) is 19.5 Å². The second-order valence-electron chi connectivity index (χ2n) is 7.65. The third kappa shape index (κ3) is 5.43. The summed E-state index contributed by atoms with van der Waals surface area (Å²) in [6.45, 7) is 8.52. The fourth-order valence-electron chi connectivity index (χ4n) is 4.15. The molecule has 0 radical (unpaired) electrons. The van der Waals surface area contributed by atoms with Gasteiger partial charge in [-0.3, -0.25) is 0 Å². The molecule has 9 heteroatoms. The molecular formula is C18H29F3N4O2. The molecule has 1 unspecified atom stereocenters. The van der Waals surface area contributed by atoms with E-state index in [-0.39, 0.29) is 0 Å². The highest BCUT2D eigenvalue weighted by Gasteiger charge is 2.51. The summed E-state index contributed by atoms with van der Waals surface area (Å²) in [6.07, 6.45) is 3.41. The summed E-state index contributed by atoms with van der Waals surface area (Å²) in [7, 11) is 2.06. The standard InChI is InChI=1S/C16H28N4.C2HF3O2/c1-4-16(5-2)10-14(16)11-20-8-6-13(7-9-20)15-18-17-12-19(15)3;3-2(4,5)1(6)7/h12-14H,4-11H2,1-3H3;(H,6,7). The van der Waals surface area contributed by atoms with E-state index in [4.69, 9.17) is 9.90 Å². The van der Waals surface area contributed by atoms with E-state index in [9.17, 15) is 13.2 Å². The number of aryl methyl sites for hydroxylation is 1. The van der Waals surface area contributed by atoms with Gasteiger partial charge in [-0.25, -0.2) is 4.79 Å². The second-order valence-corrected chi connectivity index (χ2v) is 7.65. The Kier molecular flexibility index (Phi) is 6.88. The van der Waals surface area contributed by atoms with Gasteiger partial charge < -0.3 is 14.6 Å². The lowest BCUT2D eigenvalue weighted by molar-refractivity contribution is -0.192. The summed E-state index contributed by atoms with van der Waals surface area (Å²) in [5, 5.41) is 15.4. The van der Waals surface area contributed by atoms with Gasteiger partial charge in [-0.2, -0.15) is 13.2 Å². The van der Waals surface area contributed by atoms with Crippen molar-refractivity contribution in [2.45, 2.75) is 58.0 Å². The van der Waals surface area contributed by atoms with Crippen LogP contribution in [0.3, 0.4) is 0 Å². The first-order chi connectivity index (χ1) is 12.6. The zero-order chi connectivity index (χ0) is 20.2. The normalized spacial score (nSPS) is 22.8. The fourth-order valence-corrected chi connectivity index (χ4v) is 4.15. The SMILES string of the molecule is CCC1(CC)CC1CN1CCC(c2nncn2C)CC1.O=C(O)C(F)(F)F. The highest BCUT2D eigenvalue weighted by atomic mass is 19.4. The number of aliphatic carboxylic acids is 1. The zero-order valence-corrected chi connectivity index (χ0v) is 16.2. The van der Waals surface area contributed by atoms with Gasteiger partial charge in [0.15, 0.2) is 0 Å². The number of carbonyl (C=O) groups is 1. The highest BCUT2D eigenvalue weighted by molar-refractivity contribution is 5.73. The summed E-state index contributed by atoms with van der Waals surface area (Å²) in [5.74, 6) is -0.0102. The van der Waals surface area contributed by atoms with E-state index in [0.29, 0.717) is 11.3 Å². The molecule has 27 heavy (non-hydrogen) atoms. The van der Waals surface area contributed by atoms with Crippen molar-refractivity contribution < 1.29 is 23.1 Å². The molecule has 0 amide bonds. The van der Waals surface area contributed by atoms with Crippen molar-refractivity contribution in [1.29, 1.82) is 0 Å². The number of hydrogen-bond acceptors (Lipinski definition) is 4. The number of carboxylic acids is 1. The summed E-state index contributed by atoms with van der Waals surface area (Å²) in [5.41, 5.74) is 0.695. The third-order valence-electron chi connectivity index (χ3n) is 6.19. The van der Waals surface area contributed by atoms with Gasteiger partial charge in [0.2, 0.25) is 0 Å². The number of alkyl halides is 3. The van der Waals surface area contributed by atoms with Crippen LogP contribution in [0.1, 0.15) is 57.7 Å². The molecular weight excluding hydrogens is 361 g/mol. The Hall–Kier alpha value is -1.64. The van der Waals surface area contributed by atoms with Crippen LogP contribution in [-0.4, -0.2) is 56.6 Å². The first-order valence-corrected chi connectivity index (χ1v) is 9.49. The Balaban J connectivity index is 0.000000321. The highest BCUT2D eigenvalue weighted by Crippen LogP contribution is 2.57. The predicted octanol–water partition coefficient (Wildman–Crippen LogP) is 3.45. The zero-order valence-electron chi connectivity index (χ0n) is 16.2. The summed E-state index contributed by atoms with van der Waals surface area (Å²) < 4.78 is 33.8. The Bertz CT molecular complexity index is 620. The van der Waals surface area contributed by atoms with Crippen LogP contribution in [0.5, 0.6) is 0 Å². The maximum atomic E-state index is 10.6. The maximum absolute atomic E-state index is 10.6. The number of nitrogens with zero attached hydrogens (tertiary/aromatic N) is 4. The van der Waals surface area contributed by atoms with E-state index in [1.54, 1.807) is 0 Å². The van der Waals surface area contributed by atoms with Crippen LogP contribution in [0.15, 0.2) is 6.33 Å². The van der Waals surface area contributed by atoms with Crippen LogP contribution in [0.2, 0.25) is 0 Å². The Morgan fingerprint density at radius 1 is 1.30 bits per heavy atom. The molecule has 1 saturated carbocycles. The topological polar surface area (TPSA) is 71.2 Å². The third-order valence-corrected chi connectivity index (χ3v) is 6.19. The molecule has 0 aromatic carbocycles. The quantitative estimate of drug-likeness (QED) is 0.834. The van der Waals surface area contributed by atoms with Crippen molar-refractivity contribution in [3.63, 3.8) is 0 Å². The molecule has 0 bridgehead atoms. The van der Waals surface area contributed by atoms with Gasteiger partial charge in [0.05, 0.1) is 0 Å².